The lowest BCUT2D eigenvalue weighted by Gasteiger charge is -2.17. The Morgan fingerprint density at radius 1 is 1.28 bits per heavy atom. The van der Waals surface area contributed by atoms with Gasteiger partial charge >= 0.3 is 12.1 Å². The van der Waals surface area contributed by atoms with E-state index < -0.39 is 28.9 Å². The van der Waals surface area contributed by atoms with Crippen molar-refractivity contribution in [3.05, 3.63) is 41.6 Å². The van der Waals surface area contributed by atoms with E-state index in [4.69, 9.17) is 10.5 Å². The fourth-order valence-electron chi connectivity index (χ4n) is 2.30. The zero-order valence-corrected chi connectivity index (χ0v) is 16.4. The highest BCUT2D eigenvalue weighted by Crippen LogP contribution is 2.35. The van der Waals surface area contributed by atoms with Crippen molar-refractivity contribution in [2.24, 2.45) is 0 Å². The Bertz CT molecular complexity index is 893. The first-order chi connectivity index (χ1) is 13.7. The predicted octanol–water partition coefficient (Wildman–Crippen LogP) is 3.76. The molecule has 156 valence electrons. The van der Waals surface area contributed by atoms with Gasteiger partial charge in [0.2, 0.25) is 5.91 Å². The van der Waals surface area contributed by atoms with Gasteiger partial charge in [0.25, 0.3) is 0 Å². The molecule has 3 N–H and O–H groups in total. The highest BCUT2D eigenvalue weighted by molar-refractivity contribution is 8.00. The molecule has 0 aliphatic rings. The molecule has 1 heterocycles. The van der Waals surface area contributed by atoms with E-state index >= 15 is 0 Å². The zero-order chi connectivity index (χ0) is 21.6. The fraction of sp³-hybridized carbons (Fsp3) is 0.333. The Balaban J connectivity index is 2.16. The number of hydrogen-bond acceptors (Lipinski definition) is 7. The topological polar surface area (TPSA) is 107 Å². The molecule has 0 unspecified atom stereocenters. The van der Waals surface area contributed by atoms with Crippen LogP contribution in [0.4, 0.5) is 24.7 Å². The number of aromatic nitrogens is 2. The number of rotatable bonds is 7. The summed E-state index contributed by atoms with van der Waals surface area (Å²) >= 11 is 0.930. The van der Waals surface area contributed by atoms with Crippen LogP contribution in [-0.4, -0.2) is 33.7 Å². The van der Waals surface area contributed by atoms with Crippen molar-refractivity contribution in [2.45, 2.75) is 36.9 Å². The molecule has 2 rings (SSSR count). The molecule has 1 aromatic heterocycles. The number of thioether (sulfide) groups is 1. The molecule has 11 heteroatoms. The number of nitrogens with zero attached hydrogens (tertiary/aromatic N) is 2. The second kappa shape index (κ2) is 9.59. The number of amides is 1. The Hall–Kier alpha value is -2.82. The first kappa shape index (κ1) is 22.5. The van der Waals surface area contributed by atoms with Crippen LogP contribution in [0.5, 0.6) is 0 Å². The molecule has 0 bridgehead atoms. The number of benzene rings is 1. The van der Waals surface area contributed by atoms with Crippen LogP contribution in [0.3, 0.4) is 0 Å². The number of esters is 1. The minimum absolute atomic E-state index is 0.00666. The summed E-state index contributed by atoms with van der Waals surface area (Å²) in [5.41, 5.74) is 4.47. The van der Waals surface area contributed by atoms with E-state index in [0.29, 0.717) is 6.42 Å². The van der Waals surface area contributed by atoms with Gasteiger partial charge in [0.15, 0.2) is 5.16 Å². The summed E-state index contributed by atoms with van der Waals surface area (Å²) in [6.45, 7) is 3.50. The van der Waals surface area contributed by atoms with Crippen molar-refractivity contribution < 1.29 is 27.5 Å². The summed E-state index contributed by atoms with van der Waals surface area (Å²) in [7, 11) is 0. The maximum Gasteiger partial charge on any atom is 0.418 e. The number of nitrogens with two attached hydrogens (primary N) is 1. The monoisotopic (exact) mass is 428 g/mol. The molecule has 1 aromatic carbocycles. The lowest BCUT2D eigenvalue weighted by Crippen LogP contribution is -2.26. The highest BCUT2D eigenvalue weighted by Gasteiger charge is 2.34. The fourth-order valence-corrected chi connectivity index (χ4v) is 3.15. The van der Waals surface area contributed by atoms with Gasteiger partial charge in [-0.15, -0.1) is 0 Å². The average Bonchev–Trinajstić information content (AvgIpc) is 2.65. The Labute approximate surface area is 169 Å². The van der Waals surface area contributed by atoms with E-state index in [-0.39, 0.29) is 28.8 Å². The molecule has 7 nitrogen and oxygen atoms in total. The van der Waals surface area contributed by atoms with E-state index in [9.17, 15) is 22.8 Å². The van der Waals surface area contributed by atoms with Crippen molar-refractivity contribution in [2.75, 3.05) is 17.7 Å². The summed E-state index contributed by atoms with van der Waals surface area (Å²) in [5, 5.41) is 1.65. The molecule has 0 spiro atoms. The molecule has 1 atom stereocenters. The van der Waals surface area contributed by atoms with Crippen molar-refractivity contribution in [3.8, 4) is 0 Å². The first-order valence-corrected chi connectivity index (χ1v) is 9.48. The van der Waals surface area contributed by atoms with E-state index in [2.05, 4.69) is 15.3 Å². The molecule has 1 amide bonds. The Morgan fingerprint density at radius 3 is 2.55 bits per heavy atom. The molecule has 0 saturated carbocycles. The van der Waals surface area contributed by atoms with Crippen LogP contribution in [0.25, 0.3) is 0 Å². The summed E-state index contributed by atoms with van der Waals surface area (Å²) in [5.74, 6) is -1.42. The molecular formula is C18H19F3N4O3S. The van der Waals surface area contributed by atoms with Crippen LogP contribution in [0.1, 0.15) is 36.2 Å². The standard InChI is InChI=1S/C18H19F3N4O3S/c1-3-13(15(26)24-12-8-6-5-7-11(12)18(19,20)21)29-17-23-9-10(14(22)25-17)16(27)28-4-2/h5-9,13H,3-4H2,1-2H3,(H,24,26)(H2,22,23,25)/t13-/m0/s1. The van der Waals surface area contributed by atoms with Gasteiger partial charge in [0.05, 0.1) is 23.1 Å². The lowest BCUT2D eigenvalue weighted by molar-refractivity contribution is -0.137. The molecule has 0 radical (unpaired) electrons. The third kappa shape index (κ3) is 5.83. The van der Waals surface area contributed by atoms with Crippen molar-refractivity contribution >= 4 is 35.1 Å². The largest absolute Gasteiger partial charge is 0.462 e. The summed E-state index contributed by atoms with van der Waals surface area (Å²) < 4.78 is 44.1. The third-order valence-electron chi connectivity index (χ3n) is 3.69. The van der Waals surface area contributed by atoms with E-state index in [1.54, 1.807) is 13.8 Å². The van der Waals surface area contributed by atoms with Crippen LogP contribution < -0.4 is 11.1 Å². The van der Waals surface area contributed by atoms with Gasteiger partial charge < -0.3 is 15.8 Å². The number of alkyl halides is 3. The second-order valence-corrected chi connectivity index (χ2v) is 6.89. The normalized spacial score (nSPS) is 12.3. The van der Waals surface area contributed by atoms with Gasteiger partial charge in [-0.05, 0) is 25.5 Å². The van der Waals surface area contributed by atoms with Crippen LogP contribution in [0.2, 0.25) is 0 Å². The number of anilines is 2. The van der Waals surface area contributed by atoms with Crippen molar-refractivity contribution in [3.63, 3.8) is 0 Å². The van der Waals surface area contributed by atoms with Crippen LogP contribution in [0.15, 0.2) is 35.6 Å². The molecule has 0 aliphatic heterocycles. The van der Waals surface area contributed by atoms with Crippen LogP contribution >= 0.6 is 11.8 Å². The number of halogens is 3. The quantitative estimate of drug-likeness (QED) is 0.393. The molecule has 0 aliphatic carbocycles. The van der Waals surface area contributed by atoms with E-state index in [1.807, 2.05) is 0 Å². The second-order valence-electron chi connectivity index (χ2n) is 5.72. The van der Waals surface area contributed by atoms with E-state index in [0.717, 1.165) is 17.8 Å². The van der Waals surface area contributed by atoms with Crippen LogP contribution in [-0.2, 0) is 15.7 Å². The first-order valence-electron chi connectivity index (χ1n) is 8.60. The van der Waals surface area contributed by atoms with Crippen molar-refractivity contribution in [1.82, 2.24) is 9.97 Å². The maximum atomic E-state index is 13.1. The predicted molar refractivity (Wildman–Crippen MR) is 102 cm³/mol. The number of para-hydroxylation sites is 1. The molecule has 0 saturated heterocycles. The number of hydrogen-bond donors (Lipinski definition) is 2. The Morgan fingerprint density at radius 2 is 1.97 bits per heavy atom. The summed E-state index contributed by atoms with van der Waals surface area (Å²) in [6, 6.07) is 4.71. The average molecular weight is 428 g/mol. The third-order valence-corrected chi connectivity index (χ3v) is 4.93. The van der Waals surface area contributed by atoms with Gasteiger partial charge in [0, 0.05) is 6.20 Å². The van der Waals surface area contributed by atoms with Gasteiger partial charge in [0.1, 0.15) is 11.4 Å². The molecule has 0 fully saturated rings. The van der Waals surface area contributed by atoms with E-state index in [1.165, 1.54) is 24.4 Å². The number of ether oxygens (including phenoxy) is 1. The number of nitrogens with one attached hydrogen (secondary N) is 1. The number of carbonyl (C=O) groups excluding carboxylic acids is 2. The zero-order valence-electron chi connectivity index (χ0n) is 15.6. The minimum atomic E-state index is -4.60. The van der Waals surface area contributed by atoms with Crippen molar-refractivity contribution in [1.29, 1.82) is 0 Å². The van der Waals surface area contributed by atoms with Gasteiger partial charge in [-0.2, -0.15) is 13.2 Å². The van der Waals surface area contributed by atoms with Crippen LogP contribution in [0, 0.1) is 0 Å². The minimum Gasteiger partial charge on any atom is -0.462 e. The summed E-state index contributed by atoms with van der Waals surface area (Å²) in [4.78, 5) is 32.2. The van der Waals surface area contributed by atoms with Gasteiger partial charge in [-0.1, -0.05) is 30.8 Å². The highest BCUT2D eigenvalue weighted by atomic mass is 32.2. The lowest BCUT2D eigenvalue weighted by atomic mass is 10.1. The van der Waals surface area contributed by atoms with Gasteiger partial charge in [-0.25, -0.2) is 14.8 Å². The Kier molecular flexibility index (Phi) is 7.43. The maximum absolute atomic E-state index is 13.1. The van der Waals surface area contributed by atoms with Gasteiger partial charge in [-0.3, -0.25) is 4.79 Å². The smallest absolute Gasteiger partial charge is 0.418 e. The molecule has 2 aromatic rings. The molecular weight excluding hydrogens is 409 g/mol. The number of nitrogen functional groups attached to an aromatic ring is 1. The summed E-state index contributed by atoms with van der Waals surface area (Å²) in [6.07, 6.45) is -3.11. The SMILES string of the molecule is CCOC(=O)c1cnc(S[C@@H](CC)C(=O)Nc2ccccc2C(F)(F)F)nc1N. The number of carbonyl (C=O) groups is 2. The molecule has 29 heavy (non-hydrogen) atoms.